The van der Waals surface area contributed by atoms with Gasteiger partial charge in [0.2, 0.25) is 11.8 Å². The zero-order valence-corrected chi connectivity index (χ0v) is 27.2. The fourth-order valence-electron chi connectivity index (χ4n) is 8.33. The van der Waals surface area contributed by atoms with E-state index in [0.717, 1.165) is 33.2 Å². The summed E-state index contributed by atoms with van der Waals surface area (Å²) in [5.41, 5.74) is -0.145. The van der Waals surface area contributed by atoms with Gasteiger partial charge >= 0.3 is 11.0 Å². The number of nitrogens with zero attached hydrogens (tertiary/aromatic N) is 2. The Labute approximate surface area is 289 Å². The van der Waals surface area contributed by atoms with E-state index in [-0.39, 0.29) is 56.8 Å². The third-order valence-corrected chi connectivity index (χ3v) is 12.7. The number of imide groups is 1. The van der Waals surface area contributed by atoms with Gasteiger partial charge in [0, 0.05) is 39.4 Å². The number of aromatic amines is 1. The van der Waals surface area contributed by atoms with Crippen LogP contribution < -0.4 is 19.8 Å². The number of non-ortho nitro benzene ring substituents is 1. The summed E-state index contributed by atoms with van der Waals surface area (Å²) in [7, 11) is 0. The minimum absolute atomic E-state index is 0.0364. The maximum Gasteiger partial charge on any atom is 0.416 e. The molecule has 50 heavy (non-hydrogen) atoms. The molecule has 2 aliphatic heterocycles. The Morgan fingerprint density at radius 2 is 1.72 bits per heavy atom. The fourth-order valence-corrected chi connectivity index (χ4v) is 11.2. The molecule has 4 unspecified atom stereocenters. The Morgan fingerprint density at radius 1 is 1.00 bits per heavy atom. The number of nitro groups is 1. The van der Waals surface area contributed by atoms with Crippen molar-refractivity contribution in [1.82, 2.24) is 4.98 Å². The van der Waals surface area contributed by atoms with Crippen LogP contribution in [0.4, 0.5) is 30.2 Å². The second-order valence-corrected chi connectivity index (χ2v) is 14.9. The first-order chi connectivity index (χ1) is 23.9. The minimum Gasteiger partial charge on any atom is -0.483 e. The molecule has 4 aliphatic rings. The predicted octanol–water partition coefficient (Wildman–Crippen LogP) is 6.06. The van der Waals surface area contributed by atoms with Crippen LogP contribution in [0.2, 0.25) is 0 Å². The number of alkyl halides is 3. The average molecular weight is 723 g/mol. The van der Waals surface area contributed by atoms with Crippen molar-refractivity contribution in [2.45, 2.75) is 28.8 Å². The molecule has 8 rings (SSSR count). The number of hydrogen-bond donors (Lipinski definition) is 2. The average Bonchev–Trinajstić information content (AvgIpc) is 3.82. The summed E-state index contributed by atoms with van der Waals surface area (Å²) in [4.78, 5) is 68.7. The summed E-state index contributed by atoms with van der Waals surface area (Å²) in [6.45, 7) is -0.507. The van der Waals surface area contributed by atoms with Gasteiger partial charge in [0.1, 0.15) is 5.75 Å². The van der Waals surface area contributed by atoms with Crippen molar-refractivity contribution in [3.63, 3.8) is 0 Å². The number of carbonyl (C=O) groups excluding carboxylic acids is 3. The van der Waals surface area contributed by atoms with E-state index < -0.39 is 46.9 Å². The van der Waals surface area contributed by atoms with Crippen molar-refractivity contribution in [1.29, 1.82) is 0 Å². The number of carbonyl (C=O) groups is 3. The van der Waals surface area contributed by atoms with Crippen molar-refractivity contribution in [3.05, 3.63) is 109 Å². The Kier molecular flexibility index (Phi) is 7.63. The summed E-state index contributed by atoms with van der Waals surface area (Å²) >= 11 is 2.56. The monoisotopic (exact) mass is 722 g/mol. The molecule has 0 spiro atoms. The number of hydrogen-bond acceptors (Lipinski definition) is 9. The van der Waals surface area contributed by atoms with Gasteiger partial charge < -0.3 is 15.0 Å². The van der Waals surface area contributed by atoms with Crippen LogP contribution >= 0.6 is 23.1 Å². The lowest BCUT2D eigenvalue weighted by molar-refractivity contribution is -0.384. The van der Waals surface area contributed by atoms with Gasteiger partial charge in [-0.2, -0.15) is 13.2 Å². The van der Waals surface area contributed by atoms with Crippen LogP contribution in [-0.2, 0) is 20.6 Å². The van der Waals surface area contributed by atoms with Crippen LogP contribution in [0, 0.1) is 39.7 Å². The molecular formula is C34H25F3N4O7S2. The van der Waals surface area contributed by atoms with Gasteiger partial charge in [-0.1, -0.05) is 35.6 Å². The number of benzene rings is 3. The van der Waals surface area contributed by atoms with Crippen LogP contribution in [0.25, 0.3) is 0 Å². The number of para-hydroxylation sites is 1. The van der Waals surface area contributed by atoms with Gasteiger partial charge in [-0.3, -0.25) is 34.2 Å². The number of nitrogens with one attached hydrogen (secondary N) is 2. The number of H-pyrrole nitrogens is 1. The molecule has 7 atom stereocenters. The van der Waals surface area contributed by atoms with Gasteiger partial charge in [-0.25, -0.2) is 0 Å². The van der Waals surface area contributed by atoms with E-state index in [9.17, 15) is 42.5 Å². The van der Waals surface area contributed by atoms with E-state index in [1.807, 2.05) is 6.07 Å². The van der Waals surface area contributed by atoms with Gasteiger partial charge in [0.25, 0.3) is 11.6 Å². The summed E-state index contributed by atoms with van der Waals surface area (Å²) in [6, 6.07) is 16.6. The standard InChI is InChI=1S/C34H25F3N4O7S2/c35-34(36,37)15-4-3-5-16(12-15)38-23(42)14-48-22-7-2-1-6-19(22)24-25-20-13-21(28(25)49-30-29(24)50-33(45)39-30)27-26(20)31(43)40(32(27)44)17-8-10-18(11-9-17)41(46)47/h1-12,20-21,24-28H,13-14H2,(H,38,42)(H,39,45)/t20-,21-,24-,25?,26?,27?,28?/m1/s1. The SMILES string of the molecule is O=C(COc1ccccc1[C@H]1c2sc(=O)[nH]c2SC2C1[C@H]1C[C@@H]2C2C(=O)N(c3ccc([N+](=O)[O-])cc3)C(=O)C21)Nc1cccc(C(F)(F)F)c1. The molecule has 3 aromatic carbocycles. The lowest BCUT2D eigenvalue weighted by Gasteiger charge is -2.43. The maximum atomic E-state index is 14.0. The highest BCUT2D eigenvalue weighted by Crippen LogP contribution is 2.69. The summed E-state index contributed by atoms with van der Waals surface area (Å²) in [5.74, 6) is -3.21. The smallest absolute Gasteiger partial charge is 0.416 e. The summed E-state index contributed by atoms with van der Waals surface area (Å²) in [5, 5.41) is 14.2. The van der Waals surface area contributed by atoms with Crippen LogP contribution in [0.1, 0.15) is 28.3 Å². The molecule has 16 heteroatoms. The van der Waals surface area contributed by atoms with Gasteiger partial charge in [-0.05, 0) is 60.6 Å². The molecular weight excluding hydrogens is 698 g/mol. The van der Waals surface area contributed by atoms with Gasteiger partial charge in [-0.15, -0.1) is 11.8 Å². The quantitative estimate of drug-likeness (QED) is 0.133. The second-order valence-electron chi connectivity index (χ2n) is 12.7. The second kappa shape index (κ2) is 11.8. The highest BCUT2D eigenvalue weighted by molar-refractivity contribution is 8.00. The molecule has 3 amide bonds. The fraction of sp³-hybridized carbons (Fsp3) is 0.294. The number of thioether (sulfide) groups is 1. The van der Waals surface area contributed by atoms with E-state index in [1.54, 1.807) is 18.2 Å². The molecule has 1 aromatic heterocycles. The number of amides is 3. The lowest BCUT2D eigenvalue weighted by Crippen LogP contribution is -2.42. The van der Waals surface area contributed by atoms with Crippen LogP contribution in [0.15, 0.2) is 82.6 Å². The Morgan fingerprint density at radius 3 is 2.44 bits per heavy atom. The maximum absolute atomic E-state index is 14.0. The van der Waals surface area contributed by atoms with Crippen molar-refractivity contribution in [2.24, 2.45) is 29.6 Å². The number of anilines is 2. The molecule has 2 bridgehead atoms. The molecule has 3 fully saturated rings. The van der Waals surface area contributed by atoms with Crippen molar-refractivity contribution in [3.8, 4) is 5.75 Å². The summed E-state index contributed by atoms with van der Waals surface area (Å²) < 4.78 is 45.5. The molecule has 2 N–H and O–H groups in total. The highest BCUT2D eigenvalue weighted by atomic mass is 32.2. The molecule has 256 valence electrons. The molecule has 11 nitrogen and oxygen atoms in total. The third kappa shape index (κ3) is 5.19. The van der Waals surface area contributed by atoms with Crippen LogP contribution in [0.3, 0.4) is 0 Å². The number of thiazole rings is 1. The summed E-state index contributed by atoms with van der Waals surface area (Å²) in [6.07, 6.45) is -3.95. The Hall–Kier alpha value is -4.96. The number of nitro benzene ring substituents is 1. The largest absolute Gasteiger partial charge is 0.483 e. The van der Waals surface area contributed by atoms with E-state index in [4.69, 9.17) is 4.74 Å². The van der Waals surface area contributed by atoms with Gasteiger partial charge in [0.05, 0.1) is 33.0 Å². The third-order valence-electron chi connectivity index (χ3n) is 10.1. The van der Waals surface area contributed by atoms with E-state index in [0.29, 0.717) is 22.8 Å². The van der Waals surface area contributed by atoms with E-state index in [2.05, 4.69) is 10.3 Å². The van der Waals surface area contributed by atoms with Crippen molar-refractivity contribution < 1.29 is 37.2 Å². The normalized spacial score (nSPS) is 26.4. The lowest BCUT2D eigenvalue weighted by atomic mass is 9.68. The number of fused-ring (bicyclic) bond motifs is 9. The Balaban J connectivity index is 1.09. The molecule has 0 radical (unpaired) electrons. The zero-order chi connectivity index (χ0) is 35.1. The number of halogens is 3. The number of rotatable bonds is 7. The van der Waals surface area contributed by atoms with E-state index in [1.165, 1.54) is 48.2 Å². The minimum atomic E-state index is -4.58. The van der Waals surface area contributed by atoms with Crippen molar-refractivity contribution in [2.75, 3.05) is 16.8 Å². The molecule has 3 heterocycles. The van der Waals surface area contributed by atoms with Crippen molar-refractivity contribution >= 4 is 57.9 Å². The van der Waals surface area contributed by atoms with Crippen LogP contribution in [0.5, 0.6) is 5.75 Å². The van der Waals surface area contributed by atoms with Gasteiger partial charge in [0.15, 0.2) is 6.61 Å². The Bertz CT molecular complexity index is 2140. The molecule has 4 aromatic rings. The molecule has 2 saturated carbocycles. The van der Waals surface area contributed by atoms with Crippen LogP contribution in [-0.4, -0.2) is 39.5 Å². The van der Waals surface area contributed by atoms with E-state index >= 15 is 0 Å². The first kappa shape index (κ1) is 32.3. The zero-order valence-electron chi connectivity index (χ0n) is 25.6. The number of aromatic nitrogens is 1. The first-order valence-corrected chi connectivity index (χ1v) is 17.3. The topological polar surface area (TPSA) is 152 Å². The number of ether oxygens (including phenoxy) is 1. The predicted molar refractivity (Wildman–Crippen MR) is 176 cm³/mol. The highest BCUT2D eigenvalue weighted by Gasteiger charge is 2.70. The molecule has 1 saturated heterocycles. The molecule has 2 aliphatic carbocycles. The first-order valence-electron chi connectivity index (χ1n) is 15.6.